The van der Waals surface area contributed by atoms with E-state index in [0.29, 0.717) is 17.5 Å². The molecule has 0 amide bonds. The average Bonchev–Trinajstić information content (AvgIpc) is 2.74. The quantitative estimate of drug-likeness (QED) is 0.703. The molecule has 1 saturated carbocycles. The fourth-order valence-electron chi connectivity index (χ4n) is 2.32. The van der Waals surface area contributed by atoms with Crippen molar-refractivity contribution in [2.75, 3.05) is 5.32 Å². The molecule has 3 rings (SSSR count). The Morgan fingerprint density at radius 2 is 2.17 bits per heavy atom. The predicted molar refractivity (Wildman–Crippen MR) is 65.5 cm³/mol. The molecular formula is C11H15N5O2. The Bertz CT molecular complexity index is 597. The summed E-state index contributed by atoms with van der Waals surface area (Å²) in [6.45, 7) is 0. The van der Waals surface area contributed by atoms with Crippen LogP contribution < -0.4 is 11.0 Å². The molecule has 0 aromatic carbocycles. The van der Waals surface area contributed by atoms with E-state index in [4.69, 9.17) is 0 Å². The van der Waals surface area contributed by atoms with Crippen LogP contribution in [0.15, 0.2) is 17.2 Å². The Balaban J connectivity index is 1.76. The number of fused-ring (bicyclic) bond motifs is 1. The number of anilines is 1. The van der Waals surface area contributed by atoms with Gasteiger partial charge in [0, 0.05) is 12.1 Å². The van der Waals surface area contributed by atoms with Crippen molar-refractivity contribution in [3.8, 4) is 0 Å². The van der Waals surface area contributed by atoms with Gasteiger partial charge < -0.3 is 10.4 Å². The number of nitrogens with one attached hydrogen (secondary N) is 2. The zero-order chi connectivity index (χ0) is 12.5. The molecule has 0 unspecified atom stereocenters. The van der Waals surface area contributed by atoms with Crippen LogP contribution in [0.5, 0.6) is 0 Å². The van der Waals surface area contributed by atoms with E-state index in [1.807, 2.05) is 0 Å². The van der Waals surface area contributed by atoms with E-state index in [1.54, 1.807) is 6.07 Å². The predicted octanol–water partition coefficient (Wildman–Crippen LogP) is 0.133. The van der Waals surface area contributed by atoms with Crippen LogP contribution >= 0.6 is 0 Å². The first-order chi connectivity index (χ1) is 8.72. The van der Waals surface area contributed by atoms with Gasteiger partial charge >= 0.3 is 5.69 Å². The Morgan fingerprint density at radius 1 is 1.39 bits per heavy atom. The van der Waals surface area contributed by atoms with Crippen LogP contribution in [0.2, 0.25) is 0 Å². The maximum Gasteiger partial charge on any atom is 0.348 e. The number of aromatic nitrogens is 4. The van der Waals surface area contributed by atoms with Crippen molar-refractivity contribution in [3.05, 3.63) is 22.9 Å². The SMILES string of the molecule is O=c1[nH]nc2cc(NC3CCC(O)CC3)ncn12. The van der Waals surface area contributed by atoms with E-state index in [2.05, 4.69) is 20.5 Å². The van der Waals surface area contributed by atoms with Crippen molar-refractivity contribution < 1.29 is 5.11 Å². The van der Waals surface area contributed by atoms with E-state index < -0.39 is 0 Å². The summed E-state index contributed by atoms with van der Waals surface area (Å²) in [5.41, 5.74) is 0.262. The summed E-state index contributed by atoms with van der Waals surface area (Å²) in [6.07, 6.45) is 4.80. The van der Waals surface area contributed by atoms with Crippen LogP contribution in [0, 0.1) is 0 Å². The van der Waals surface area contributed by atoms with Gasteiger partial charge in [-0.2, -0.15) is 5.10 Å². The molecule has 2 aromatic heterocycles. The van der Waals surface area contributed by atoms with Gasteiger partial charge in [-0.15, -0.1) is 0 Å². The lowest BCUT2D eigenvalue weighted by molar-refractivity contribution is 0.126. The third-order valence-electron chi connectivity index (χ3n) is 3.36. The van der Waals surface area contributed by atoms with Gasteiger partial charge in [-0.1, -0.05) is 0 Å². The summed E-state index contributed by atoms with van der Waals surface area (Å²) in [5, 5.41) is 19.0. The second kappa shape index (κ2) is 4.41. The summed E-state index contributed by atoms with van der Waals surface area (Å²) in [5.74, 6) is 0.711. The number of H-pyrrole nitrogens is 1. The Morgan fingerprint density at radius 3 is 2.94 bits per heavy atom. The van der Waals surface area contributed by atoms with Gasteiger partial charge in [0.05, 0.1) is 6.10 Å². The molecule has 7 heteroatoms. The van der Waals surface area contributed by atoms with Crippen molar-refractivity contribution in [2.24, 2.45) is 0 Å². The van der Waals surface area contributed by atoms with Crippen molar-refractivity contribution in [2.45, 2.75) is 37.8 Å². The highest BCUT2D eigenvalue weighted by Crippen LogP contribution is 2.21. The van der Waals surface area contributed by atoms with Gasteiger partial charge in [0.15, 0.2) is 5.65 Å². The van der Waals surface area contributed by atoms with Crippen LogP contribution in [0.25, 0.3) is 5.65 Å². The lowest BCUT2D eigenvalue weighted by Crippen LogP contribution is -2.28. The minimum Gasteiger partial charge on any atom is -0.393 e. The van der Waals surface area contributed by atoms with E-state index >= 15 is 0 Å². The van der Waals surface area contributed by atoms with Crippen LogP contribution in [-0.2, 0) is 0 Å². The van der Waals surface area contributed by atoms with Crippen molar-refractivity contribution in [1.82, 2.24) is 19.6 Å². The maximum absolute atomic E-state index is 11.3. The largest absolute Gasteiger partial charge is 0.393 e. The number of aliphatic hydroxyl groups excluding tert-OH is 1. The van der Waals surface area contributed by atoms with Crippen molar-refractivity contribution >= 4 is 11.5 Å². The molecule has 2 heterocycles. The number of aliphatic hydroxyl groups is 1. The molecule has 1 aliphatic carbocycles. The minimum absolute atomic E-state index is 0.164. The first-order valence-corrected chi connectivity index (χ1v) is 6.10. The molecule has 0 saturated heterocycles. The van der Waals surface area contributed by atoms with Crippen molar-refractivity contribution in [1.29, 1.82) is 0 Å². The highest BCUT2D eigenvalue weighted by Gasteiger charge is 2.19. The number of nitrogens with zero attached hydrogens (tertiary/aromatic N) is 3. The van der Waals surface area contributed by atoms with Gasteiger partial charge in [0.25, 0.3) is 0 Å². The van der Waals surface area contributed by atoms with E-state index in [1.165, 1.54) is 10.7 Å². The lowest BCUT2D eigenvalue weighted by Gasteiger charge is -2.26. The Kier molecular flexibility index (Phi) is 2.75. The molecule has 0 spiro atoms. The number of hydrogen-bond donors (Lipinski definition) is 3. The van der Waals surface area contributed by atoms with Gasteiger partial charge in [-0.3, -0.25) is 0 Å². The summed E-state index contributed by atoms with van der Waals surface area (Å²) in [6, 6.07) is 2.07. The van der Waals surface area contributed by atoms with Gasteiger partial charge in [0.2, 0.25) is 0 Å². The fourth-order valence-corrected chi connectivity index (χ4v) is 2.32. The molecular weight excluding hydrogens is 234 g/mol. The van der Waals surface area contributed by atoms with Crippen LogP contribution in [0.3, 0.4) is 0 Å². The number of hydrogen-bond acceptors (Lipinski definition) is 5. The number of rotatable bonds is 2. The highest BCUT2D eigenvalue weighted by atomic mass is 16.3. The Hall–Kier alpha value is -1.89. The van der Waals surface area contributed by atoms with Gasteiger partial charge in [-0.05, 0) is 25.7 Å². The molecule has 18 heavy (non-hydrogen) atoms. The van der Waals surface area contributed by atoms with Crippen molar-refractivity contribution in [3.63, 3.8) is 0 Å². The molecule has 0 bridgehead atoms. The summed E-state index contributed by atoms with van der Waals surface area (Å²) in [4.78, 5) is 15.5. The standard InChI is InChI=1S/C11H15N5O2/c17-8-3-1-7(2-4-8)13-9-5-10-14-15-11(18)16(10)6-12-9/h5-8,13,17H,1-4H2,(H,15,18). The van der Waals surface area contributed by atoms with Crippen LogP contribution in [0.1, 0.15) is 25.7 Å². The number of aromatic amines is 1. The lowest BCUT2D eigenvalue weighted by atomic mass is 9.93. The molecule has 1 fully saturated rings. The summed E-state index contributed by atoms with van der Waals surface area (Å²) >= 11 is 0. The topological polar surface area (TPSA) is 95.3 Å². The normalized spacial score (nSPS) is 24.3. The zero-order valence-corrected chi connectivity index (χ0v) is 9.83. The highest BCUT2D eigenvalue weighted by molar-refractivity contribution is 5.48. The monoisotopic (exact) mass is 249 g/mol. The zero-order valence-electron chi connectivity index (χ0n) is 9.83. The van der Waals surface area contributed by atoms with E-state index in [-0.39, 0.29) is 11.8 Å². The smallest absolute Gasteiger partial charge is 0.348 e. The van der Waals surface area contributed by atoms with E-state index in [0.717, 1.165) is 25.7 Å². The second-order valence-corrected chi connectivity index (χ2v) is 4.68. The fraction of sp³-hybridized carbons (Fsp3) is 0.545. The first kappa shape index (κ1) is 11.2. The van der Waals surface area contributed by atoms with Gasteiger partial charge in [0.1, 0.15) is 12.1 Å². The Labute approximate surface area is 103 Å². The summed E-state index contributed by atoms with van der Waals surface area (Å²) in [7, 11) is 0. The molecule has 1 aliphatic rings. The maximum atomic E-state index is 11.3. The second-order valence-electron chi connectivity index (χ2n) is 4.68. The molecule has 7 nitrogen and oxygen atoms in total. The van der Waals surface area contributed by atoms with Crippen LogP contribution in [-0.4, -0.2) is 36.8 Å². The van der Waals surface area contributed by atoms with E-state index in [9.17, 15) is 9.90 Å². The average molecular weight is 249 g/mol. The minimum atomic E-state index is -0.287. The molecule has 3 N–H and O–H groups in total. The molecule has 0 radical (unpaired) electrons. The van der Waals surface area contributed by atoms with Crippen LogP contribution in [0.4, 0.5) is 5.82 Å². The first-order valence-electron chi connectivity index (χ1n) is 6.10. The van der Waals surface area contributed by atoms with Gasteiger partial charge in [-0.25, -0.2) is 19.3 Å². The molecule has 0 atom stereocenters. The molecule has 2 aromatic rings. The molecule has 96 valence electrons. The molecule has 0 aliphatic heterocycles. The third kappa shape index (κ3) is 2.08. The summed E-state index contributed by atoms with van der Waals surface area (Å²) < 4.78 is 1.36. The third-order valence-corrected chi connectivity index (χ3v) is 3.36.